The van der Waals surface area contributed by atoms with Crippen LogP contribution >= 0.6 is 0 Å². The molecule has 0 unspecified atom stereocenters. The minimum atomic E-state index is -1.79. The monoisotopic (exact) mass is 807 g/mol. The molecule has 0 radical (unpaired) electrons. The number of aliphatic hydroxyl groups excluding tert-OH is 1. The Hall–Kier alpha value is -7.50. The Kier molecular flexibility index (Phi) is 12.0. The zero-order chi connectivity index (χ0) is 42.2. The lowest BCUT2D eigenvalue weighted by atomic mass is 9.77. The number of amides is 1. The van der Waals surface area contributed by atoms with Gasteiger partial charge in [-0.05, 0) is 68.3 Å². The number of rotatable bonds is 16. The van der Waals surface area contributed by atoms with Crippen molar-refractivity contribution in [3.8, 4) is 22.5 Å². The van der Waals surface area contributed by atoms with E-state index in [0.717, 1.165) is 56.6 Å². The molecule has 11 nitrogen and oxygen atoms in total. The van der Waals surface area contributed by atoms with Crippen LogP contribution in [0.1, 0.15) is 57.3 Å². The Morgan fingerprint density at radius 1 is 0.689 bits per heavy atom. The van der Waals surface area contributed by atoms with Crippen molar-refractivity contribution >= 4 is 11.9 Å². The van der Waals surface area contributed by atoms with Gasteiger partial charge in [0, 0.05) is 11.3 Å². The number of tetrazole rings is 1. The third kappa shape index (κ3) is 8.37. The van der Waals surface area contributed by atoms with Crippen molar-refractivity contribution in [2.24, 2.45) is 0 Å². The molecule has 11 heteroatoms. The van der Waals surface area contributed by atoms with Crippen molar-refractivity contribution in [3.63, 3.8) is 0 Å². The third-order valence-electron chi connectivity index (χ3n) is 11.0. The van der Waals surface area contributed by atoms with Crippen LogP contribution in [0.25, 0.3) is 22.5 Å². The second-order valence-corrected chi connectivity index (χ2v) is 14.9. The number of carboxylic acids is 1. The minimum Gasteiger partial charge on any atom is -0.479 e. The summed E-state index contributed by atoms with van der Waals surface area (Å²) in [5.74, 6) is -1.37. The lowest BCUT2D eigenvalue weighted by Gasteiger charge is -2.36. The molecule has 0 bridgehead atoms. The van der Waals surface area contributed by atoms with Crippen LogP contribution in [0.3, 0.4) is 0 Å². The van der Waals surface area contributed by atoms with Crippen molar-refractivity contribution in [3.05, 3.63) is 215 Å². The highest BCUT2D eigenvalue weighted by Crippen LogP contribution is 2.43. The molecule has 0 saturated heterocycles. The second-order valence-electron chi connectivity index (χ2n) is 14.9. The van der Waals surface area contributed by atoms with E-state index in [0.29, 0.717) is 18.8 Å². The van der Waals surface area contributed by atoms with E-state index in [4.69, 9.17) is 10.3 Å². The Balaban J connectivity index is 1.11. The first-order valence-corrected chi connectivity index (χ1v) is 20.3. The lowest BCUT2D eigenvalue weighted by molar-refractivity contribution is -0.148. The first-order valence-electron chi connectivity index (χ1n) is 20.3. The van der Waals surface area contributed by atoms with Crippen molar-refractivity contribution in [1.29, 1.82) is 0 Å². The Labute approximate surface area is 354 Å². The molecule has 1 amide bonds. The summed E-state index contributed by atoms with van der Waals surface area (Å²) in [5, 5.41) is 41.3. The molecule has 8 rings (SSSR count). The topological polar surface area (TPSA) is 148 Å². The molecule has 0 spiro atoms. The summed E-state index contributed by atoms with van der Waals surface area (Å²) in [6, 6.07) is 57.1. The van der Waals surface area contributed by atoms with E-state index < -0.39 is 29.6 Å². The van der Waals surface area contributed by atoms with Gasteiger partial charge in [-0.3, -0.25) is 9.48 Å². The molecule has 0 aliphatic heterocycles. The minimum absolute atomic E-state index is 0.140. The molecule has 2 aromatic heterocycles. The number of benzene rings is 6. The molecule has 0 aliphatic rings. The SMILES string of the molecule is CCCc1cc(C(=O)N[C@H](Cc2ccccc2)[C@@H](O)C(=O)O)nn1Cc1ccc(-c2ccccc2-c2nnnn2C(c2ccccc2)(c2ccccc2)c2ccccc2)cc1. The van der Waals surface area contributed by atoms with Gasteiger partial charge in [0.1, 0.15) is 11.2 Å². The van der Waals surface area contributed by atoms with E-state index in [1.807, 2.05) is 125 Å². The highest BCUT2D eigenvalue weighted by Gasteiger charge is 2.42. The van der Waals surface area contributed by atoms with Gasteiger partial charge in [0.15, 0.2) is 11.9 Å². The Morgan fingerprint density at radius 2 is 1.23 bits per heavy atom. The maximum atomic E-state index is 13.5. The fourth-order valence-electron chi connectivity index (χ4n) is 8.06. The van der Waals surface area contributed by atoms with Crippen LogP contribution < -0.4 is 5.32 Å². The first kappa shape index (κ1) is 40.3. The van der Waals surface area contributed by atoms with Crippen LogP contribution in [-0.2, 0) is 29.7 Å². The molecule has 304 valence electrons. The van der Waals surface area contributed by atoms with Gasteiger partial charge in [0.25, 0.3) is 5.91 Å². The van der Waals surface area contributed by atoms with Gasteiger partial charge >= 0.3 is 5.97 Å². The predicted molar refractivity (Wildman–Crippen MR) is 234 cm³/mol. The summed E-state index contributed by atoms with van der Waals surface area (Å²) < 4.78 is 3.75. The normalized spacial score (nSPS) is 12.4. The molecule has 8 aromatic rings. The van der Waals surface area contributed by atoms with Crippen LogP contribution in [-0.4, -0.2) is 64.2 Å². The maximum Gasteiger partial charge on any atom is 0.334 e. The summed E-state index contributed by atoms with van der Waals surface area (Å²) in [7, 11) is 0. The number of carbonyl (C=O) groups excluding carboxylic acids is 1. The van der Waals surface area contributed by atoms with E-state index in [1.165, 1.54) is 0 Å². The van der Waals surface area contributed by atoms with Crippen molar-refractivity contribution in [1.82, 2.24) is 35.3 Å². The molecular formula is C50H45N7O4. The Morgan fingerprint density at radius 3 is 1.79 bits per heavy atom. The molecular weight excluding hydrogens is 763 g/mol. The van der Waals surface area contributed by atoms with Crippen LogP contribution in [0, 0.1) is 0 Å². The van der Waals surface area contributed by atoms with Crippen LogP contribution in [0.2, 0.25) is 0 Å². The van der Waals surface area contributed by atoms with E-state index >= 15 is 0 Å². The fourth-order valence-corrected chi connectivity index (χ4v) is 8.06. The quantitative estimate of drug-likeness (QED) is 0.0838. The van der Waals surface area contributed by atoms with Crippen LogP contribution in [0.4, 0.5) is 0 Å². The molecule has 2 heterocycles. The number of aromatic nitrogens is 6. The number of aliphatic carboxylic acids is 1. The van der Waals surface area contributed by atoms with Gasteiger partial charge < -0.3 is 15.5 Å². The summed E-state index contributed by atoms with van der Waals surface area (Å²) in [4.78, 5) is 25.3. The molecule has 3 N–H and O–H groups in total. The van der Waals surface area contributed by atoms with Gasteiger partial charge in [-0.25, -0.2) is 9.48 Å². The van der Waals surface area contributed by atoms with Crippen molar-refractivity contribution in [2.45, 2.75) is 50.4 Å². The van der Waals surface area contributed by atoms with E-state index in [2.05, 4.69) is 77.1 Å². The molecule has 6 aromatic carbocycles. The molecule has 0 aliphatic carbocycles. The standard InChI is InChI=1S/C50H45N7O4/c1-2-17-41-33-45(48(59)51-44(46(58)49(60)61)32-35-18-7-3-8-19-35)53-56(41)34-36-28-30-37(31-29-36)42-26-15-16-27-43(42)47-52-54-55-57(47)50(38-20-9-4-10-21-38,39-22-11-5-12-23-39)40-24-13-6-14-25-40/h3-16,18-31,33,44,46,58H,2,17,32,34H2,1H3,(H,51,59)(H,60,61)/t44-,46-/m1/s1. The van der Waals surface area contributed by atoms with Gasteiger partial charge in [-0.15, -0.1) is 5.10 Å². The molecule has 61 heavy (non-hydrogen) atoms. The van der Waals surface area contributed by atoms with Gasteiger partial charge in [-0.1, -0.05) is 183 Å². The molecule has 2 atom stereocenters. The van der Waals surface area contributed by atoms with Crippen LogP contribution in [0.15, 0.2) is 176 Å². The first-order chi connectivity index (χ1) is 29.9. The number of carboxylic acid groups (broad SMARTS) is 1. The molecule has 0 fully saturated rings. The van der Waals surface area contributed by atoms with Crippen molar-refractivity contribution in [2.75, 3.05) is 0 Å². The smallest absolute Gasteiger partial charge is 0.334 e. The number of hydrogen-bond donors (Lipinski definition) is 3. The summed E-state index contributed by atoms with van der Waals surface area (Å²) in [5.41, 5.74) is 7.67. The second kappa shape index (κ2) is 18.2. The van der Waals surface area contributed by atoms with Gasteiger partial charge in [-0.2, -0.15) is 5.10 Å². The third-order valence-corrected chi connectivity index (χ3v) is 11.0. The number of nitrogens with zero attached hydrogens (tertiary/aromatic N) is 6. The van der Waals surface area contributed by atoms with Crippen molar-refractivity contribution < 1.29 is 19.8 Å². The highest BCUT2D eigenvalue weighted by atomic mass is 16.4. The molecule has 0 saturated carbocycles. The van der Waals surface area contributed by atoms with E-state index in [1.54, 1.807) is 6.07 Å². The van der Waals surface area contributed by atoms with E-state index in [9.17, 15) is 19.8 Å². The van der Waals surface area contributed by atoms with Gasteiger partial charge in [0.05, 0.1) is 12.6 Å². The summed E-state index contributed by atoms with van der Waals surface area (Å²) >= 11 is 0. The number of hydrogen-bond acceptors (Lipinski definition) is 7. The largest absolute Gasteiger partial charge is 0.479 e. The lowest BCUT2D eigenvalue weighted by Crippen LogP contribution is -2.48. The number of aliphatic hydroxyl groups is 1. The average molecular weight is 808 g/mol. The summed E-state index contributed by atoms with van der Waals surface area (Å²) in [6.07, 6.45) is -0.142. The number of nitrogens with one attached hydrogen (secondary N) is 1. The highest BCUT2D eigenvalue weighted by molar-refractivity contribution is 5.93. The average Bonchev–Trinajstić information content (AvgIpc) is 3.96. The predicted octanol–water partition coefficient (Wildman–Crippen LogP) is 7.83. The Bertz CT molecular complexity index is 2610. The number of carbonyl (C=O) groups is 2. The zero-order valence-electron chi connectivity index (χ0n) is 33.6. The maximum absolute atomic E-state index is 13.5. The summed E-state index contributed by atoms with van der Waals surface area (Å²) in [6.45, 7) is 2.46. The van der Waals surface area contributed by atoms with E-state index in [-0.39, 0.29) is 12.1 Å². The van der Waals surface area contributed by atoms with Gasteiger partial charge in [0.2, 0.25) is 0 Å². The zero-order valence-corrected chi connectivity index (χ0v) is 33.6. The number of aryl methyl sites for hydroxylation is 1. The van der Waals surface area contributed by atoms with Crippen LogP contribution in [0.5, 0.6) is 0 Å². The fraction of sp³-hybridized carbons (Fsp3) is 0.160.